The topological polar surface area (TPSA) is 146 Å². The van der Waals surface area contributed by atoms with Gasteiger partial charge in [-0.2, -0.15) is 0 Å². The second-order valence-electron chi connectivity index (χ2n) is 10.9. The van der Waals surface area contributed by atoms with Crippen molar-refractivity contribution in [1.82, 2.24) is 25.5 Å². The van der Waals surface area contributed by atoms with Crippen LogP contribution in [0.2, 0.25) is 10.0 Å². The number of benzene rings is 2. The van der Waals surface area contributed by atoms with Crippen LogP contribution in [-0.4, -0.2) is 77.0 Å². The Bertz CT molecular complexity index is 1770. The Kier molecular flexibility index (Phi) is 11.2. The maximum Gasteiger partial charge on any atom is 0.407 e. The van der Waals surface area contributed by atoms with Crippen LogP contribution in [0.3, 0.4) is 0 Å². The first-order valence-electron chi connectivity index (χ1n) is 15.0. The van der Waals surface area contributed by atoms with E-state index < -0.39 is 6.09 Å². The van der Waals surface area contributed by atoms with Gasteiger partial charge in [-0.25, -0.2) is 9.78 Å². The van der Waals surface area contributed by atoms with Gasteiger partial charge in [-0.3, -0.25) is 9.78 Å². The minimum atomic E-state index is -1.11. The van der Waals surface area contributed by atoms with E-state index in [1.54, 1.807) is 31.5 Å². The monoisotopic (exact) mass is 679 g/mol. The largest absolute Gasteiger partial charge is 0.496 e. The van der Waals surface area contributed by atoms with Gasteiger partial charge in [-0.15, -0.1) is 0 Å². The summed E-state index contributed by atoms with van der Waals surface area (Å²) in [6, 6.07) is 16.4. The molecule has 0 bridgehead atoms. The van der Waals surface area contributed by atoms with Crippen LogP contribution in [0.15, 0.2) is 60.8 Å². The summed E-state index contributed by atoms with van der Waals surface area (Å²) in [5.41, 5.74) is 5.34. The average Bonchev–Trinajstić information content (AvgIpc) is 3.49. The standard InChI is InChI=1S/C34H35Cl2N5O6/c1-46-28-16-20(6-7-21(28)17-37-14-15-42)32-31(36)25(12-13-38-32)24-4-3-5-26(30(24)35)27-10-8-22(33(40-27)47-2)18-41(34(44)45)19-23-9-11-29(43)39-23/h3-8,10,12-13,16,23,37,42H,9,11,14-15,17-19H2,1-2H3,(H,39,43)(H,44,45). The Morgan fingerprint density at radius 2 is 1.81 bits per heavy atom. The van der Waals surface area contributed by atoms with E-state index in [0.717, 1.165) is 11.1 Å². The molecule has 0 aliphatic carbocycles. The minimum Gasteiger partial charge on any atom is -0.496 e. The van der Waals surface area contributed by atoms with Crippen molar-refractivity contribution in [3.8, 4) is 45.3 Å². The molecule has 0 radical (unpaired) electrons. The number of carbonyl (C=O) groups is 2. The first-order valence-corrected chi connectivity index (χ1v) is 15.7. The van der Waals surface area contributed by atoms with Gasteiger partial charge in [0, 0.05) is 71.7 Å². The highest BCUT2D eigenvalue weighted by Crippen LogP contribution is 2.42. The zero-order valence-electron chi connectivity index (χ0n) is 25.9. The third-order valence-electron chi connectivity index (χ3n) is 7.91. The smallest absolute Gasteiger partial charge is 0.407 e. The van der Waals surface area contributed by atoms with Crippen molar-refractivity contribution in [2.24, 2.45) is 0 Å². The van der Waals surface area contributed by atoms with Gasteiger partial charge in [-0.05, 0) is 30.7 Å². The molecule has 47 heavy (non-hydrogen) atoms. The molecule has 11 nitrogen and oxygen atoms in total. The molecule has 2 amide bonds. The maximum absolute atomic E-state index is 12.0. The lowest BCUT2D eigenvalue weighted by atomic mass is 9.99. The van der Waals surface area contributed by atoms with Crippen LogP contribution in [-0.2, 0) is 17.9 Å². The van der Waals surface area contributed by atoms with Crippen molar-refractivity contribution in [2.45, 2.75) is 32.0 Å². The number of carbonyl (C=O) groups excluding carboxylic acids is 1. The fourth-order valence-electron chi connectivity index (χ4n) is 5.54. The second kappa shape index (κ2) is 15.4. The quantitative estimate of drug-likeness (QED) is 0.132. The van der Waals surface area contributed by atoms with Crippen LogP contribution in [0.5, 0.6) is 11.6 Å². The number of hydrogen-bond donors (Lipinski definition) is 4. The van der Waals surface area contributed by atoms with Crippen molar-refractivity contribution in [2.75, 3.05) is 33.9 Å². The SMILES string of the molecule is COc1cc(-c2nccc(-c3cccc(-c4ccc(CN(CC5CCC(=O)N5)C(=O)O)c(OC)n4)c3Cl)c2Cl)ccc1CNCCO. The summed E-state index contributed by atoms with van der Waals surface area (Å²) in [7, 11) is 3.07. The molecule has 1 aliphatic heterocycles. The van der Waals surface area contributed by atoms with Crippen molar-refractivity contribution in [3.05, 3.63) is 82.0 Å². The number of carboxylic acid groups (broad SMARTS) is 1. The number of amides is 2. The summed E-state index contributed by atoms with van der Waals surface area (Å²) in [5, 5.41) is 25.7. The Labute approximate surface area is 282 Å². The summed E-state index contributed by atoms with van der Waals surface area (Å²) in [4.78, 5) is 34.1. The van der Waals surface area contributed by atoms with Crippen LogP contribution in [0, 0.1) is 0 Å². The highest BCUT2D eigenvalue weighted by molar-refractivity contribution is 6.39. The van der Waals surface area contributed by atoms with E-state index in [0.29, 0.717) is 75.4 Å². The van der Waals surface area contributed by atoms with Crippen molar-refractivity contribution >= 4 is 35.2 Å². The number of nitrogens with one attached hydrogen (secondary N) is 2. The highest BCUT2D eigenvalue weighted by atomic mass is 35.5. The van der Waals surface area contributed by atoms with Crippen LogP contribution in [0.4, 0.5) is 4.79 Å². The lowest BCUT2D eigenvalue weighted by Gasteiger charge is -2.23. The fraction of sp³-hybridized carbons (Fsp3) is 0.294. The fourth-order valence-corrected chi connectivity index (χ4v) is 6.19. The molecule has 5 rings (SSSR count). The Morgan fingerprint density at radius 3 is 2.51 bits per heavy atom. The molecular weight excluding hydrogens is 645 g/mol. The summed E-state index contributed by atoms with van der Waals surface area (Å²) in [6.45, 7) is 1.24. The van der Waals surface area contributed by atoms with Crippen LogP contribution in [0.25, 0.3) is 33.6 Å². The molecule has 2 aromatic carbocycles. The lowest BCUT2D eigenvalue weighted by Crippen LogP contribution is -2.41. The first kappa shape index (κ1) is 33.9. The third-order valence-corrected chi connectivity index (χ3v) is 8.70. The van der Waals surface area contributed by atoms with E-state index in [9.17, 15) is 14.7 Å². The summed E-state index contributed by atoms with van der Waals surface area (Å²) in [5.74, 6) is 0.848. The number of aliphatic hydroxyl groups is 1. The van der Waals surface area contributed by atoms with Crippen LogP contribution in [0.1, 0.15) is 24.0 Å². The molecule has 0 saturated carbocycles. The van der Waals surface area contributed by atoms with Crippen LogP contribution >= 0.6 is 23.2 Å². The average molecular weight is 681 g/mol. The Morgan fingerprint density at radius 1 is 1.04 bits per heavy atom. The molecule has 246 valence electrons. The van der Waals surface area contributed by atoms with Crippen molar-refractivity contribution < 1.29 is 29.3 Å². The molecule has 1 aliphatic rings. The van der Waals surface area contributed by atoms with E-state index >= 15 is 0 Å². The molecule has 2 aromatic heterocycles. The van der Waals surface area contributed by atoms with Gasteiger partial charge in [0.2, 0.25) is 11.8 Å². The number of pyridine rings is 2. The maximum atomic E-state index is 12.0. The van der Waals surface area contributed by atoms with E-state index in [2.05, 4.69) is 20.6 Å². The number of nitrogens with zero attached hydrogens (tertiary/aromatic N) is 3. The molecule has 1 unspecified atom stereocenters. The van der Waals surface area contributed by atoms with E-state index in [1.807, 2.05) is 36.4 Å². The lowest BCUT2D eigenvalue weighted by molar-refractivity contribution is -0.119. The molecular formula is C34H35Cl2N5O6. The molecule has 4 aromatic rings. The van der Waals surface area contributed by atoms with Gasteiger partial charge in [0.05, 0.1) is 48.8 Å². The Balaban J connectivity index is 1.43. The molecule has 4 N–H and O–H groups in total. The Hall–Kier alpha value is -4.42. The van der Waals surface area contributed by atoms with E-state index in [-0.39, 0.29) is 37.5 Å². The van der Waals surface area contributed by atoms with Crippen LogP contribution < -0.4 is 20.1 Å². The van der Waals surface area contributed by atoms with Gasteiger partial charge >= 0.3 is 6.09 Å². The normalized spacial score (nSPS) is 14.1. The molecule has 13 heteroatoms. The van der Waals surface area contributed by atoms with Gasteiger partial charge in [0.15, 0.2) is 0 Å². The zero-order valence-corrected chi connectivity index (χ0v) is 27.4. The molecule has 1 atom stereocenters. The number of methoxy groups -OCH3 is 2. The van der Waals surface area contributed by atoms with Crippen molar-refractivity contribution in [1.29, 1.82) is 0 Å². The predicted molar refractivity (Wildman–Crippen MR) is 180 cm³/mol. The first-order chi connectivity index (χ1) is 22.7. The molecule has 1 fully saturated rings. The number of rotatable bonds is 13. The van der Waals surface area contributed by atoms with Gasteiger partial charge in [-0.1, -0.05) is 53.5 Å². The third kappa shape index (κ3) is 7.77. The summed E-state index contributed by atoms with van der Waals surface area (Å²) < 4.78 is 11.2. The minimum absolute atomic E-state index is 0.0340. The predicted octanol–water partition coefficient (Wildman–Crippen LogP) is 5.64. The molecule has 0 spiro atoms. The van der Waals surface area contributed by atoms with E-state index in [4.69, 9.17) is 37.8 Å². The second-order valence-corrected chi connectivity index (χ2v) is 11.7. The van der Waals surface area contributed by atoms with Gasteiger partial charge in [0.25, 0.3) is 0 Å². The number of halogens is 2. The number of hydrogen-bond acceptors (Lipinski definition) is 8. The van der Waals surface area contributed by atoms with Gasteiger partial charge < -0.3 is 35.2 Å². The summed E-state index contributed by atoms with van der Waals surface area (Å²) in [6.07, 6.45) is 1.53. The van der Waals surface area contributed by atoms with E-state index in [1.165, 1.54) is 12.0 Å². The number of ether oxygens (including phenoxy) is 2. The van der Waals surface area contributed by atoms with Gasteiger partial charge in [0.1, 0.15) is 5.75 Å². The number of aromatic nitrogens is 2. The number of aliphatic hydroxyl groups excluding tert-OH is 1. The summed E-state index contributed by atoms with van der Waals surface area (Å²) >= 11 is 14.0. The van der Waals surface area contributed by atoms with Crippen molar-refractivity contribution in [3.63, 3.8) is 0 Å². The molecule has 1 saturated heterocycles. The molecule has 3 heterocycles. The zero-order chi connectivity index (χ0) is 33.5. The highest BCUT2D eigenvalue weighted by Gasteiger charge is 2.26.